The molecule has 1 aliphatic carbocycles. The second-order valence-corrected chi connectivity index (χ2v) is 4.52. The lowest BCUT2D eigenvalue weighted by atomic mass is 10.2. The van der Waals surface area contributed by atoms with Crippen LogP contribution >= 0.6 is 0 Å². The molecule has 2 aromatic heterocycles. The molecule has 0 unspecified atom stereocenters. The molecule has 1 saturated carbocycles. The molecular weight excluding hydrogens is 216 g/mol. The first-order valence-corrected chi connectivity index (χ1v) is 5.78. The molecule has 2 heterocycles. The molecular formula is C12H14N4O. The maximum Gasteiger partial charge on any atom is 0.223 e. The van der Waals surface area contributed by atoms with E-state index in [4.69, 9.17) is 0 Å². The van der Waals surface area contributed by atoms with Crippen molar-refractivity contribution in [3.63, 3.8) is 0 Å². The zero-order valence-corrected chi connectivity index (χ0v) is 9.68. The molecule has 3 rings (SSSR count). The van der Waals surface area contributed by atoms with Gasteiger partial charge >= 0.3 is 0 Å². The van der Waals surface area contributed by atoms with Crippen molar-refractivity contribution in [1.82, 2.24) is 20.1 Å². The zero-order valence-electron chi connectivity index (χ0n) is 9.68. The highest BCUT2D eigenvalue weighted by Gasteiger charge is 2.29. The summed E-state index contributed by atoms with van der Waals surface area (Å²) in [7, 11) is 1.86. The first kappa shape index (κ1) is 10.3. The topological polar surface area (TPSA) is 59.8 Å². The summed E-state index contributed by atoms with van der Waals surface area (Å²) in [5.41, 5.74) is 1.88. The first-order valence-electron chi connectivity index (χ1n) is 5.78. The molecule has 1 amide bonds. The summed E-state index contributed by atoms with van der Waals surface area (Å²) in [6.07, 6.45) is 5.64. The number of nitrogens with zero attached hydrogens (tertiary/aromatic N) is 3. The van der Waals surface area contributed by atoms with E-state index in [0.717, 1.165) is 29.4 Å². The Morgan fingerprint density at radius 3 is 3.12 bits per heavy atom. The van der Waals surface area contributed by atoms with Crippen LogP contribution < -0.4 is 5.32 Å². The third-order valence-electron chi connectivity index (χ3n) is 3.04. The van der Waals surface area contributed by atoms with E-state index >= 15 is 0 Å². The minimum atomic E-state index is 0.163. The van der Waals surface area contributed by atoms with Crippen LogP contribution in [0.5, 0.6) is 0 Å². The minimum Gasteiger partial charge on any atom is -0.352 e. The van der Waals surface area contributed by atoms with Crippen molar-refractivity contribution in [1.29, 1.82) is 0 Å². The van der Waals surface area contributed by atoms with Crippen LogP contribution in [0.25, 0.3) is 11.0 Å². The molecule has 2 aromatic rings. The van der Waals surface area contributed by atoms with E-state index in [9.17, 15) is 4.79 Å². The molecule has 0 atom stereocenters. The average Bonchev–Trinajstić information content (AvgIpc) is 3.12. The van der Waals surface area contributed by atoms with Gasteiger partial charge in [-0.2, -0.15) is 5.10 Å². The normalized spacial score (nSPS) is 15.1. The number of aromatic nitrogens is 3. The molecule has 0 spiro atoms. The number of carbonyl (C=O) groups excluding carboxylic acids is 1. The SMILES string of the molecule is Cn1ncc2cc(CNC(=O)C3CC3)cnc21. The predicted octanol–water partition coefficient (Wildman–Crippen LogP) is 0.994. The van der Waals surface area contributed by atoms with Crippen LogP contribution in [0, 0.1) is 5.92 Å². The molecule has 17 heavy (non-hydrogen) atoms. The quantitative estimate of drug-likeness (QED) is 0.855. The summed E-state index contributed by atoms with van der Waals surface area (Å²) in [4.78, 5) is 15.8. The van der Waals surface area contributed by atoms with Crippen molar-refractivity contribution in [3.8, 4) is 0 Å². The molecule has 0 bridgehead atoms. The second kappa shape index (κ2) is 3.84. The summed E-state index contributed by atoms with van der Waals surface area (Å²) in [5, 5.41) is 8.07. The number of hydrogen-bond acceptors (Lipinski definition) is 3. The summed E-state index contributed by atoms with van der Waals surface area (Å²) < 4.78 is 1.74. The van der Waals surface area contributed by atoms with Gasteiger partial charge in [-0.25, -0.2) is 4.98 Å². The number of carbonyl (C=O) groups is 1. The Labute approximate surface area is 98.8 Å². The Balaban J connectivity index is 1.74. The van der Waals surface area contributed by atoms with Crippen molar-refractivity contribution in [2.24, 2.45) is 13.0 Å². The van der Waals surface area contributed by atoms with Gasteiger partial charge in [0.1, 0.15) is 0 Å². The number of fused-ring (bicyclic) bond motifs is 1. The van der Waals surface area contributed by atoms with Gasteiger partial charge in [-0.05, 0) is 24.5 Å². The zero-order chi connectivity index (χ0) is 11.8. The molecule has 5 nitrogen and oxygen atoms in total. The van der Waals surface area contributed by atoms with Crippen molar-refractivity contribution < 1.29 is 4.79 Å². The lowest BCUT2D eigenvalue weighted by Gasteiger charge is -2.04. The van der Waals surface area contributed by atoms with Gasteiger partial charge in [0.25, 0.3) is 0 Å². The van der Waals surface area contributed by atoms with Gasteiger partial charge in [0.05, 0.1) is 6.20 Å². The standard InChI is InChI=1S/C12H14N4O/c1-16-11-10(7-15-16)4-8(5-13-11)6-14-12(17)9-2-3-9/h4-5,7,9H,2-3,6H2,1H3,(H,14,17). The van der Waals surface area contributed by atoms with Crippen LogP contribution in [0.3, 0.4) is 0 Å². The van der Waals surface area contributed by atoms with E-state index in [1.54, 1.807) is 17.1 Å². The van der Waals surface area contributed by atoms with Crippen LogP contribution in [-0.2, 0) is 18.4 Å². The summed E-state index contributed by atoms with van der Waals surface area (Å²) in [5.74, 6) is 0.418. The third-order valence-corrected chi connectivity index (χ3v) is 3.04. The Bertz CT molecular complexity index is 571. The second-order valence-electron chi connectivity index (χ2n) is 4.52. The summed E-state index contributed by atoms with van der Waals surface area (Å²) in [6.45, 7) is 0.549. The fourth-order valence-electron chi connectivity index (χ4n) is 1.86. The van der Waals surface area contributed by atoms with Crippen LogP contribution in [0.4, 0.5) is 0 Å². The minimum absolute atomic E-state index is 0.163. The molecule has 88 valence electrons. The number of amides is 1. The van der Waals surface area contributed by atoms with Crippen LogP contribution in [0.2, 0.25) is 0 Å². The number of rotatable bonds is 3. The number of nitrogens with one attached hydrogen (secondary N) is 1. The van der Waals surface area contributed by atoms with Crippen LogP contribution in [-0.4, -0.2) is 20.7 Å². The number of hydrogen-bond donors (Lipinski definition) is 1. The first-order chi connectivity index (χ1) is 8.24. The third kappa shape index (κ3) is 2.00. The summed E-state index contributed by atoms with van der Waals surface area (Å²) >= 11 is 0. The average molecular weight is 230 g/mol. The smallest absolute Gasteiger partial charge is 0.223 e. The molecule has 0 aliphatic heterocycles. The number of aryl methyl sites for hydroxylation is 1. The van der Waals surface area contributed by atoms with Gasteiger partial charge in [-0.1, -0.05) is 0 Å². The van der Waals surface area contributed by atoms with Gasteiger partial charge < -0.3 is 5.32 Å². The molecule has 1 N–H and O–H groups in total. The largest absolute Gasteiger partial charge is 0.352 e. The lowest BCUT2D eigenvalue weighted by molar-refractivity contribution is -0.122. The van der Waals surface area contributed by atoms with E-state index in [1.165, 1.54) is 0 Å². The van der Waals surface area contributed by atoms with Crippen molar-refractivity contribution >= 4 is 16.9 Å². The Kier molecular flexibility index (Phi) is 2.31. The van der Waals surface area contributed by atoms with Crippen LogP contribution in [0.1, 0.15) is 18.4 Å². The van der Waals surface area contributed by atoms with Crippen molar-refractivity contribution in [2.45, 2.75) is 19.4 Å². The van der Waals surface area contributed by atoms with Gasteiger partial charge in [0.15, 0.2) is 5.65 Å². The van der Waals surface area contributed by atoms with Gasteiger partial charge in [0, 0.05) is 31.1 Å². The molecule has 0 aromatic carbocycles. The van der Waals surface area contributed by atoms with Gasteiger partial charge in [-0.3, -0.25) is 9.48 Å². The van der Waals surface area contributed by atoms with Crippen molar-refractivity contribution in [3.05, 3.63) is 24.0 Å². The highest BCUT2D eigenvalue weighted by Crippen LogP contribution is 2.28. The molecule has 1 fully saturated rings. The van der Waals surface area contributed by atoms with E-state index in [2.05, 4.69) is 15.4 Å². The van der Waals surface area contributed by atoms with E-state index in [1.807, 2.05) is 13.1 Å². The molecule has 5 heteroatoms. The Morgan fingerprint density at radius 1 is 1.53 bits per heavy atom. The Morgan fingerprint density at radius 2 is 2.35 bits per heavy atom. The predicted molar refractivity (Wildman–Crippen MR) is 63.1 cm³/mol. The lowest BCUT2D eigenvalue weighted by Crippen LogP contribution is -2.24. The van der Waals surface area contributed by atoms with E-state index in [-0.39, 0.29) is 11.8 Å². The number of pyridine rings is 1. The molecule has 1 aliphatic rings. The van der Waals surface area contributed by atoms with E-state index < -0.39 is 0 Å². The van der Waals surface area contributed by atoms with Crippen molar-refractivity contribution in [2.75, 3.05) is 0 Å². The fraction of sp³-hybridized carbons (Fsp3) is 0.417. The molecule has 0 saturated heterocycles. The van der Waals surface area contributed by atoms with Gasteiger partial charge in [0.2, 0.25) is 5.91 Å². The summed E-state index contributed by atoms with van der Waals surface area (Å²) in [6, 6.07) is 2.02. The maximum atomic E-state index is 11.5. The molecule has 0 radical (unpaired) electrons. The fourth-order valence-corrected chi connectivity index (χ4v) is 1.86. The maximum absolute atomic E-state index is 11.5. The highest BCUT2D eigenvalue weighted by atomic mass is 16.2. The highest BCUT2D eigenvalue weighted by molar-refractivity contribution is 5.81. The van der Waals surface area contributed by atoms with Crippen LogP contribution in [0.15, 0.2) is 18.5 Å². The Hall–Kier alpha value is -1.91. The van der Waals surface area contributed by atoms with Gasteiger partial charge in [-0.15, -0.1) is 0 Å². The van der Waals surface area contributed by atoms with E-state index in [0.29, 0.717) is 6.54 Å². The monoisotopic (exact) mass is 230 g/mol.